The molecule has 2 N–H and O–H groups in total. The Labute approximate surface area is 62.0 Å². The molecule has 0 spiro atoms. The predicted molar refractivity (Wildman–Crippen MR) is 40.7 cm³/mol. The third-order valence-corrected chi connectivity index (χ3v) is 1.87. The summed E-state index contributed by atoms with van der Waals surface area (Å²) in [4.78, 5) is 2.26. The molecule has 1 saturated heterocycles. The lowest BCUT2D eigenvalue weighted by Crippen LogP contribution is -2.37. The average Bonchev–Trinajstić information content (AvgIpc) is 2.13. The lowest BCUT2D eigenvalue weighted by molar-refractivity contribution is 0.141. The lowest BCUT2D eigenvalue weighted by Gasteiger charge is -2.14. The van der Waals surface area contributed by atoms with Gasteiger partial charge >= 0.3 is 0 Å². The normalized spacial score (nSPS) is 30.9. The monoisotopic (exact) mass is 144 g/mol. The Morgan fingerprint density at radius 1 is 1.70 bits per heavy atom. The fourth-order valence-electron chi connectivity index (χ4n) is 1.41. The molecule has 1 unspecified atom stereocenters. The van der Waals surface area contributed by atoms with E-state index in [2.05, 4.69) is 17.3 Å². The van der Waals surface area contributed by atoms with Crippen LogP contribution >= 0.6 is 0 Å². The molecule has 3 heteroatoms. The van der Waals surface area contributed by atoms with E-state index in [1.165, 1.54) is 0 Å². The number of likely N-dealkylation sites (tertiary alicyclic amines) is 1. The second kappa shape index (κ2) is 3.32. The first-order chi connectivity index (χ1) is 4.68. The molecule has 0 saturated carbocycles. The SMILES string of the molecule is CC(O)N[C@@H]1CCN(C)C1. The van der Waals surface area contributed by atoms with Crippen LogP contribution in [0.25, 0.3) is 0 Å². The molecule has 3 nitrogen and oxygen atoms in total. The predicted octanol–water partition coefficient (Wildman–Crippen LogP) is -0.382. The molecule has 0 amide bonds. The molecule has 0 aromatic carbocycles. The fourth-order valence-corrected chi connectivity index (χ4v) is 1.41. The Balaban J connectivity index is 2.18. The first-order valence-corrected chi connectivity index (χ1v) is 3.81. The summed E-state index contributed by atoms with van der Waals surface area (Å²) >= 11 is 0. The van der Waals surface area contributed by atoms with Crippen molar-refractivity contribution in [3.63, 3.8) is 0 Å². The van der Waals surface area contributed by atoms with E-state index in [0.717, 1.165) is 19.5 Å². The second-order valence-electron chi connectivity index (χ2n) is 3.09. The Kier molecular flexibility index (Phi) is 2.65. The lowest BCUT2D eigenvalue weighted by atomic mass is 10.2. The minimum absolute atomic E-state index is 0.364. The van der Waals surface area contributed by atoms with Crippen molar-refractivity contribution in [2.75, 3.05) is 20.1 Å². The van der Waals surface area contributed by atoms with E-state index >= 15 is 0 Å². The van der Waals surface area contributed by atoms with Crippen molar-refractivity contribution in [3.8, 4) is 0 Å². The van der Waals surface area contributed by atoms with E-state index in [9.17, 15) is 0 Å². The highest BCUT2D eigenvalue weighted by atomic mass is 16.3. The Morgan fingerprint density at radius 3 is 2.80 bits per heavy atom. The van der Waals surface area contributed by atoms with Crippen molar-refractivity contribution in [2.45, 2.75) is 25.6 Å². The third-order valence-electron chi connectivity index (χ3n) is 1.87. The van der Waals surface area contributed by atoms with E-state index in [0.29, 0.717) is 6.04 Å². The second-order valence-corrected chi connectivity index (χ2v) is 3.09. The molecule has 1 aliphatic heterocycles. The topological polar surface area (TPSA) is 35.5 Å². The Bertz CT molecular complexity index is 106. The molecule has 0 aliphatic carbocycles. The maximum atomic E-state index is 8.97. The van der Waals surface area contributed by atoms with Crippen LogP contribution in [-0.4, -0.2) is 42.4 Å². The summed E-state index contributed by atoms with van der Waals surface area (Å²) in [6.07, 6.45) is 0.790. The highest BCUT2D eigenvalue weighted by molar-refractivity contribution is 4.78. The summed E-state index contributed by atoms with van der Waals surface area (Å²) in [5.41, 5.74) is 0. The molecule has 1 fully saturated rings. The van der Waals surface area contributed by atoms with E-state index in [4.69, 9.17) is 5.11 Å². The average molecular weight is 144 g/mol. The summed E-state index contributed by atoms with van der Waals surface area (Å²) in [5.74, 6) is 0. The van der Waals surface area contributed by atoms with Crippen LogP contribution in [0.3, 0.4) is 0 Å². The number of rotatable bonds is 2. The summed E-state index contributed by atoms with van der Waals surface area (Å²) in [6, 6.07) is 0.491. The maximum absolute atomic E-state index is 8.97. The molecule has 1 heterocycles. The van der Waals surface area contributed by atoms with Crippen LogP contribution in [0.2, 0.25) is 0 Å². The van der Waals surface area contributed by atoms with Crippen molar-refractivity contribution in [1.82, 2.24) is 10.2 Å². The summed E-state index contributed by atoms with van der Waals surface area (Å²) < 4.78 is 0. The fraction of sp³-hybridized carbons (Fsp3) is 1.00. The van der Waals surface area contributed by atoms with E-state index in [1.54, 1.807) is 6.92 Å². The highest BCUT2D eigenvalue weighted by Gasteiger charge is 2.19. The van der Waals surface area contributed by atoms with Gasteiger partial charge in [0.15, 0.2) is 0 Å². The third kappa shape index (κ3) is 2.25. The Hall–Kier alpha value is -0.120. The number of nitrogens with one attached hydrogen (secondary N) is 1. The van der Waals surface area contributed by atoms with Gasteiger partial charge in [-0.2, -0.15) is 0 Å². The molecule has 0 radical (unpaired) electrons. The van der Waals surface area contributed by atoms with Gasteiger partial charge in [-0.05, 0) is 26.9 Å². The number of nitrogens with zero attached hydrogens (tertiary/aromatic N) is 1. The summed E-state index contributed by atoms with van der Waals surface area (Å²) in [6.45, 7) is 3.97. The van der Waals surface area contributed by atoms with Gasteiger partial charge in [-0.3, -0.25) is 5.32 Å². The van der Waals surface area contributed by atoms with Crippen molar-refractivity contribution in [2.24, 2.45) is 0 Å². The van der Waals surface area contributed by atoms with E-state index < -0.39 is 0 Å². The zero-order valence-electron chi connectivity index (χ0n) is 6.67. The van der Waals surface area contributed by atoms with Crippen LogP contribution in [-0.2, 0) is 0 Å². The number of aliphatic hydroxyl groups excluding tert-OH is 1. The van der Waals surface area contributed by atoms with Gasteiger partial charge in [-0.25, -0.2) is 0 Å². The minimum Gasteiger partial charge on any atom is -0.379 e. The van der Waals surface area contributed by atoms with Crippen molar-refractivity contribution < 1.29 is 5.11 Å². The van der Waals surface area contributed by atoms with Crippen LogP contribution in [0.5, 0.6) is 0 Å². The van der Waals surface area contributed by atoms with Gasteiger partial charge < -0.3 is 10.0 Å². The molecular weight excluding hydrogens is 128 g/mol. The van der Waals surface area contributed by atoms with Gasteiger partial charge in [0.05, 0.1) is 0 Å². The van der Waals surface area contributed by atoms with Crippen molar-refractivity contribution in [3.05, 3.63) is 0 Å². The van der Waals surface area contributed by atoms with Crippen LogP contribution in [0.15, 0.2) is 0 Å². The maximum Gasteiger partial charge on any atom is 0.102 e. The first-order valence-electron chi connectivity index (χ1n) is 3.81. The molecule has 1 rings (SSSR count). The quantitative estimate of drug-likeness (QED) is 0.518. The van der Waals surface area contributed by atoms with Crippen LogP contribution < -0.4 is 5.32 Å². The molecular formula is C7H16N2O. The number of likely N-dealkylation sites (N-methyl/N-ethyl adjacent to an activating group) is 1. The molecule has 60 valence electrons. The minimum atomic E-state index is -0.364. The zero-order chi connectivity index (χ0) is 7.56. The van der Waals surface area contributed by atoms with Gasteiger partial charge in [0.25, 0.3) is 0 Å². The molecule has 10 heavy (non-hydrogen) atoms. The molecule has 0 bridgehead atoms. The smallest absolute Gasteiger partial charge is 0.102 e. The van der Waals surface area contributed by atoms with Gasteiger partial charge in [-0.1, -0.05) is 0 Å². The van der Waals surface area contributed by atoms with E-state index in [1.807, 2.05) is 0 Å². The molecule has 0 aromatic rings. The van der Waals surface area contributed by atoms with Crippen LogP contribution in [0, 0.1) is 0 Å². The van der Waals surface area contributed by atoms with Crippen molar-refractivity contribution in [1.29, 1.82) is 0 Å². The molecule has 0 aromatic heterocycles. The Morgan fingerprint density at radius 2 is 2.40 bits per heavy atom. The molecule has 1 aliphatic rings. The van der Waals surface area contributed by atoms with Gasteiger partial charge in [0.1, 0.15) is 6.23 Å². The largest absolute Gasteiger partial charge is 0.379 e. The zero-order valence-corrected chi connectivity index (χ0v) is 6.67. The summed E-state index contributed by atoms with van der Waals surface area (Å²) in [7, 11) is 2.10. The van der Waals surface area contributed by atoms with E-state index in [-0.39, 0.29) is 6.23 Å². The molecule has 2 atom stereocenters. The first kappa shape index (κ1) is 7.98. The van der Waals surface area contributed by atoms with Crippen LogP contribution in [0.1, 0.15) is 13.3 Å². The van der Waals surface area contributed by atoms with Gasteiger partial charge in [0, 0.05) is 12.6 Å². The van der Waals surface area contributed by atoms with Gasteiger partial charge in [-0.15, -0.1) is 0 Å². The number of hydrogen-bond donors (Lipinski definition) is 2. The highest BCUT2D eigenvalue weighted by Crippen LogP contribution is 2.05. The number of aliphatic hydroxyl groups is 1. The van der Waals surface area contributed by atoms with Gasteiger partial charge in [0.2, 0.25) is 0 Å². The van der Waals surface area contributed by atoms with Crippen LogP contribution in [0.4, 0.5) is 0 Å². The summed E-state index contributed by atoms with van der Waals surface area (Å²) in [5, 5.41) is 12.1. The standard InChI is InChI=1S/C7H16N2O/c1-6(10)8-7-3-4-9(2)5-7/h6-8,10H,3-5H2,1-2H3/t6?,7-/m1/s1. The van der Waals surface area contributed by atoms with Crippen molar-refractivity contribution >= 4 is 0 Å². The number of hydrogen-bond acceptors (Lipinski definition) is 3.